The van der Waals surface area contributed by atoms with Gasteiger partial charge in [-0.3, -0.25) is 9.59 Å². The minimum atomic E-state index is -2.38. The second-order valence-electron chi connectivity index (χ2n) is 6.13. The number of benzene rings is 1. The highest BCUT2D eigenvalue weighted by Crippen LogP contribution is 2.35. The van der Waals surface area contributed by atoms with Crippen LogP contribution in [0.1, 0.15) is 5.56 Å². The number of para-hydroxylation sites is 1. The van der Waals surface area contributed by atoms with E-state index in [0.29, 0.717) is 0 Å². The Kier molecular flexibility index (Phi) is 6.49. The number of rotatable bonds is 7. The Balaban J connectivity index is 2.50. The Hall–Kier alpha value is -2.12. The number of aliphatic hydroxyl groups excluding tert-OH is 4. The van der Waals surface area contributed by atoms with Gasteiger partial charge in [0.15, 0.2) is 18.2 Å². The van der Waals surface area contributed by atoms with Gasteiger partial charge < -0.3 is 46.5 Å². The van der Waals surface area contributed by atoms with Crippen LogP contribution < -0.4 is 11.5 Å². The van der Waals surface area contributed by atoms with Crippen LogP contribution in [0.2, 0.25) is 0 Å². The number of aliphatic carboxylic acids is 1. The molecule has 0 aliphatic carbocycles. The van der Waals surface area contributed by atoms with Crippen LogP contribution in [0.5, 0.6) is 0 Å². The first-order chi connectivity index (χ1) is 12.7. The number of nitrogens with two attached hydrogens (primary N) is 2. The van der Waals surface area contributed by atoms with Crippen LogP contribution in [0.3, 0.4) is 0 Å². The van der Waals surface area contributed by atoms with E-state index < -0.39 is 54.9 Å². The van der Waals surface area contributed by atoms with E-state index in [9.17, 15) is 35.1 Å². The monoisotopic (exact) mass is 386 g/mol. The smallest absolute Gasteiger partial charge is 0.324 e. The molecule has 0 radical (unpaired) electrons. The van der Waals surface area contributed by atoms with Gasteiger partial charge in [0, 0.05) is 11.3 Å². The molecule has 150 valence electrons. The Labute approximate surface area is 153 Å². The van der Waals surface area contributed by atoms with Crippen LogP contribution in [0.25, 0.3) is 0 Å². The van der Waals surface area contributed by atoms with Crippen LogP contribution in [0, 0.1) is 0 Å². The van der Waals surface area contributed by atoms with Gasteiger partial charge in [-0.25, -0.2) is 0 Å². The van der Waals surface area contributed by atoms with Crippen LogP contribution >= 0.6 is 0 Å². The van der Waals surface area contributed by atoms with E-state index in [2.05, 4.69) is 0 Å². The number of carboxylic acids is 1. The third-order valence-electron chi connectivity index (χ3n) is 4.44. The van der Waals surface area contributed by atoms with Crippen molar-refractivity contribution < 1.29 is 44.6 Å². The normalized spacial score (nSPS) is 31.7. The van der Waals surface area contributed by atoms with Gasteiger partial charge in [-0.05, 0) is 6.07 Å². The third kappa shape index (κ3) is 3.80. The van der Waals surface area contributed by atoms with Crippen molar-refractivity contribution in [3.05, 3.63) is 29.8 Å². The first-order valence-corrected chi connectivity index (χ1v) is 7.97. The molecule has 11 nitrogen and oxygen atoms in total. The van der Waals surface area contributed by atoms with E-state index in [-0.39, 0.29) is 17.5 Å². The van der Waals surface area contributed by atoms with E-state index in [0.717, 1.165) is 0 Å². The Bertz CT molecular complexity index is 686. The Morgan fingerprint density at radius 3 is 2.41 bits per heavy atom. The minimum Gasteiger partial charge on any atom is -0.480 e. The average molecular weight is 386 g/mol. The molecule has 11 heteroatoms. The molecule has 1 aromatic rings. The summed E-state index contributed by atoms with van der Waals surface area (Å²) in [4.78, 5) is 23.5. The molecule has 0 amide bonds. The number of aldehydes is 1. The summed E-state index contributed by atoms with van der Waals surface area (Å²) in [5.74, 6) is -1.60. The lowest BCUT2D eigenvalue weighted by Gasteiger charge is -2.44. The van der Waals surface area contributed by atoms with Crippen molar-refractivity contribution in [2.24, 2.45) is 5.73 Å². The van der Waals surface area contributed by atoms with Crippen LogP contribution in [0.4, 0.5) is 5.69 Å². The maximum absolute atomic E-state index is 12.0. The Morgan fingerprint density at radius 2 is 1.89 bits per heavy atom. The predicted octanol–water partition coefficient (Wildman–Crippen LogP) is -3.11. The topological polar surface area (TPSA) is 206 Å². The lowest BCUT2D eigenvalue weighted by Crippen LogP contribution is -2.63. The van der Waals surface area contributed by atoms with Crippen LogP contribution in [-0.4, -0.2) is 81.1 Å². The van der Waals surface area contributed by atoms with Crippen molar-refractivity contribution in [1.29, 1.82) is 0 Å². The van der Waals surface area contributed by atoms with Crippen molar-refractivity contribution >= 4 is 17.9 Å². The highest BCUT2D eigenvalue weighted by molar-refractivity contribution is 5.85. The van der Waals surface area contributed by atoms with Gasteiger partial charge in [0.05, 0.1) is 6.61 Å². The molecular formula is C16H22N2O9. The van der Waals surface area contributed by atoms with Gasteiger partial charge in [0.25, 0.3) is 0 Å². The zero-order valence-electron chi connectivity index (χ0n) is 14.1. The second kappa shape index (κ2) is 8.27. The van der Waals surface area contributed by atoms with Crippen molar-refractivity contribution in [3.63, 3.8) is 0 Å². The molecule has 1 aromatic carbocycles. The largest absolute Gasteiger partial charge is 0.480 e. The number of carbonyl (C=O) groups excluding carboxylic acids is 1. The first kappa shape index (κ1) is 21.2. The highest BCUT2D eigenvalue weighted by atomic mass is 16.7. The minimum absolute atomic E-state index is 0.00843. The standard InChI is InChI=1S/C16H22N2O9/c17-8-4-2-1-3-7(8)16(6-20,13(18)14(24)25)27-15-12(23)11(22)10(21)9(5-19)26-15/h1-4,6,9-13,15,19,21-23H,5,17-18H2,(H,24,25)/t9-,10-,11+,12-,13?,15+,16?/m1/s1. The maximum Gasteiger partial charge on any atom is 0.324 e. The fraction of sp³-hybridized carbons (Fsp3) is 0.500. The number of hydrogen-bond acceptors (Lipinski definition) is 10. The number of hydrogen-bond donors (Lipinski definition) is 7. The van der Waals surface area contributed by atoms with Crippen molar-refractivity contribution in [2.75, 3.05) is 12.3 Å². The number of nitrogen functional groups attached to an aromatic ring is 1. The van der Waals surface area contributed by atoms with Gasteiger partial charge in [0.1, 0.15) is 30.5 Å². The predicted molar refractivity (Wildman–Crippen MR) is 89.1 cm³/mol. The quantitative estimate of drug-likeness (QED) is 0.184. The van der Waals surface area contributed by atoms with Crippen molar-refractivity contribution in [1.82, 2.24) is 0 Å². The molecule has 1 fully saturated rings. The molecule has 27 heavy (non-hydrogen) atoms. The molecule has 2 unspecified atom stereocenters. The van der Waals surface area contributed by atoms with Gasteiger partial charge in [0.2, 0.25) is 0 Å². The zero-order valence-corrected chi connectivity index (χ0v) is 14.1. The van der Waals surface area contributed by atoms with Gasteiger partial charge in [-0.15, -0.1) is 0 Å². The first-order valence-electron chi connectivity index (χ1n) is 7.97. The van der Waals surface area contributed by atoms with E-state index in [1.54, 1.807) is 0 Å². The maximum atomic E-state index is 12.0. The molecule has 2 rings (SSSR count). The molecular weight excluding hydrogens is 364 g/mol. The summed E-state index contributed by atoms with van der Waals surface area (Å²) < 4.78 is 10.7. The summed E-state index contributed by atoms with van der Waals surface area (Å²) in [7, 11) is 0. The summed E-state index contributed by atoms with van der Waals surface area (Å²) in [5.41, 5.74) is 9.05. The molecule has 7 atom stereocenters. The summed E-state index contributed by atoms with van der Waals surface area (Å²) >= 11 is 0. The summed E-state index contributed by atoms with van der Waals surface area (Å²) in [5, 5.41) is 48.5. The number of anilines is 1. The number of aliphatic hydroxyl groups is 4. The molecule has 1 aliphatic rings. The van der Waals surface area contributed by atoms with Crippen LogP contribution in [-0.2, 0) is 24.7 Å². The lowest BCUT2D eigenvalue weighted by atomic mass is 9.86. The molecule has 1 heterocycles. The average Bonchev–Trinajstić information content (AvgIpc) is 2.66. The molecule has 0 spiro atoms. The number of ether oxygens (including phenoxy) is 2. The van der Waals surface area contributed by atoms with E-state index in [1.807, 2.05) is 0 Å². The molecule has 1 saturated heterocycles. The Morgan fingerprint density at radius 1 is 1.26 bits per heavy atom. The highest BCUT2D eigenvalue weighted by Gasteiger charge is 2.52. The number of carboxylic acid groups (broad SMARTS) is 1. The SMILES string of the molecule is Nc1ccccc1C(C=O)(O[C@@H]1O[C@H](CO)[C@@H](O)[C@H](O)[C@H]1O)C(N)C(=O)O. The van der Waals surface area contributed by atoms with Crippen molar-refractivity contribution in [2.45, 2.75) is 42.3 Å². The molecule has 0 saturated carbocycles. The molecule has 0 aromatic heterocycles. The summed E-state index contributed by atoms with van der Waals surface area (Å²) in [6.45, 7) is -0.739. The fourth-order valence-corrected chi connectivity index (χ4v) is 2.86. The van der Waals surface area contributed by atoms with Crippen LogP contribution in [0.15, 0.2) is 24.3 Å². The second-order valence-corrected chi connectivity index (χ2v) is 6.13. The van der Waals surface area contributed by atoms with E-state index in [4.69, 9.17) is 20.9 Å². The zero-order chi connectivity index (χ0) is 20.4. The molecule has 9 N–H and O–H groups in total. The third-order valence-corrected chi connectivity index (χ3v) is 4.44. The van der Waals surface area contributed by atoms with Crippen molar-refractivity contribution in [3.8, 4) is 0 Å². The van der Waals surface area contributed by atoms with Gasteiger partial charge >= 0.3 is 5.97 Å². The van der Waals surface area contributed by atoms with Gasteiger partial charge in [-0.2, -0.15) is 0 Å². The van der Waals surface area contributed by atoms with E-state index in [1.165, 1.54) is 24.3 Å². The summed E-state index contributed by atoms with van der Waals surface area (Å²) in [6, 6.07) is 3.76. The lowest BCUT2D eigenvalue weighted by molar-refractivity contribution is -0.324. The molecule has 1 aliphatic heterocycles. The number of carbonyl (C=O) groups is 2. The van der Waals surface area contributed by atoms with E-state index >= 15 is 0 Å². The van der Waals surface area contributed by atoms with Gasteiger partial charge in [-0.1, -0.05) is 18.2 Å². The molecule has 0 bridgehead atoms. The fourth-order valence-electron chi connectivity index (χ4n) is 2.86. The summed E-state index contributed by atoms with van der Waals surface area (Å²) in [6.07, 6.45) is -8.33.